The quantitative estimate of drug-likeness (QED) is 0.196. The van der Waals surface area contributed by atoms with Crippen LogP contribution >= 0.6 is 0 Å². The smallest absolute Gasteiger partial charge is 0.372 e. The molecule has 0 aliphatic carbocycles. The normalized spacial score (nSPS) is 13.6. The Balaban J connectivity index is 0.00000336. The third kappa shape index (κ3) is 5.94. The topological polar surface area (TPSA) is 70.9 Å². The van der Waals surface area contributed by atoms with Gasteiger partial charge in [-0.1, -0.05) is 0 Å². The van der Waals surface area contributed by atoms with Crippen molar-refractivity contribution in [1.82, 2.24) is 19.7 Å². The van der Waals surface area contributed by atoms with Crippen LogP contribution in [-0.4, -0.2) is 32.8 Å². The van der Waals surface area contributed by atoms with E-state index < -0.39 is 23.1 Å². The van der Waals surface area contributed by atoms with Crippen molar-refractivity contribution in [1.29, 1.82) is 0 Å². The molecule has 0 spiro atoms. The number of nitrogens with one attached hydrogen (secondary N) is 2. The molecule has 1 saturated heterocycles. The zero-order chi connectivity index (χ0) is 25.9. The summed E-state index contributed by atoms with van der Waals surface area (Å²) in [6, 6.07) is 9.13. The van der Waals surface area contributed by atoms with E-state index in [9.17, 15) is 13.2 Å². The van der Waals surface area contributed by atoms with Gasteiger partial charge in [-0.3, -0.25) is 0 Å². The summed E-state index contributed by atoms with van der Waals surface area (Å²) in [6.07, 6.45) is 6.18. The molecule has 3 heterocycles. The number of nitrogens with zero attached hydrogens (tertiary/aromatic N) is 5. The Morgan fingerprint density at radius 2 is 1.58 bits per heavy atom. The summed E-state index contributed by atoms with van der Waals surface area (Å²) >= 11 is 0. The van der Waals surface area contributed by atoms with E-state index in [1.165, 1.54) is 31.1 Å². The molecule has 5 rings (SSSR count). The van der Waals surface area contributed by atoms with E-state index in [1.807, 2.05) is 12.1 Å². The standard InChI is InChI=1S/C27H28F3N7.U/c1-3-19(4-2)37-26-21(25(35-37)33-24-22(29)14-17(28)15-23(24)30)16-31-27(34-26)32-18-8-10-20(11-9-18)36-12-6-5-7-13-36;/h8-11,14-16,19H,1-7,12-13H2,(H,33,35)(H,31,32,34);/q-2;+2. The van der Waals surface area contributed by atoms with Gasteiger partial charge in [-0.15, -0.1) is 0 Å². The average Bonchev–Trinajstić information content (AvgIpc) is 3.25. The van der Waals surface area contributed by atoms with E-state index in [-0.39, 0.29) is 43.0 Å². The molecule has 38 heavy (non-hydrogen) atoms. The van der Waals surface area contributed by atoms with Crippen LogP contribution in [0, 0.1) is 62.4 Å². The van der Waals surface area contributed by atoms with Crippen LogP contribution in [0.4, 0.5) is 42.0 Å². The predicted octanol–water partition coefficient (Wildman–Crippen LogP) is 6.71. The fourth-order valence-corrected chi connectivity index (χ4v) is 4.54. The third-order valence-corrected chi connectivity index (χ3v) is 6.56. The molecule has 7 nitrogen and oxygen atoms in total. The van der Waals surface area contributed by atoms with E-state index in [2.05, 4.69) is 56.6 Å². The monoisotopic (exact) mass is 745 g/mol. The van der Waals surface area contributed by atoms with Crippen molar-refractivity contribution >= 4 is 39.9 Å². The Labute approximate surface area is 243 Å². The molecule has 1 fully saturated rings. The molecule has 1 aliphatic heterocycles. The minimum Gasteiger partial charge on any atom is -0.372 e. The minimum atomic E-state index is -1.07. The van der Waals surface area contributed by atoms with Crippen molar-refractivity contribution in [3.05, 3.63) is 73.9 Å². The molecule has 2 aromatic heterocycles. The first-order valence-electron chi connectivity index (χ1n) is 12.3. The molecule has 11 heteroatoms. The largest absolute Gasteiger partial charge is 2.00 e. The van der Waals surface area contributed by atoms with Gasteiger partial charge in [0.1, 0.15) is 11.5 Å². The van der Waals surface area contributed by atoms with Crippen molar-refractivity contribution in [3.8, 4) is 0 Å². The summed E-state index contributed by atoms with van der Waals surface area (Å²) in [4.78, 5) is 11.4. The Hall–Kier alpha value is -2.77. The molecular formula is C27H28F3N7U. The Kier molecular flexibility index (Phi) is 9.21. The van der Waals surface area contributed by atoms with E-state index in [1.54, 1.807) is 4.68 Å². The van der Waals surface area contributed by atoms with Gasteiger partial charge in [0.2, 0.25) is 5.95 Å². The van der Waals surface area contributed by atoms with Crippen LogP contribution in [-0.2, 0) is 0 Å². The second-order valence-corrected chi connectivity index (χ2v) is 9.04. The minimum absolute atomic E-state index is 0. The summed E-state index contributed by atoms with van der Waals surface area (Å²) in [5, 5.41) is 10.8. The van der Waals surface area contributed by atoms with Gasteiger partial charge in [-0.25, -0.2) is 22.8 Å². The van der Waals surface area contributed by atoms with Crippen molar-refractivity contribution in [2.75, 3.05) is 28.6 Å². The average molecular weight is 746 g/mol. The molecule has 2 aromatic carbocycles. The summed E-state index contributed by atoms with van der Waals surface area (Å²) in [5.74, 6) is -2.66. The third-order valence-electron chi connectivity index (χ3n) is 6.56. The number of halogens is 3. The number of rotatable bonds is 8. The summed E-state index contributed by atoms with van der Waals surface area (Å²) < 4.78 is 43.6. The van der Waals surface area contributed by atoms with E-state index >= 15 is 0 Å². The molecule has 0 amide bonds. The fourth-order valence-electron chi connectivity index (χ4n) is 4.54. The van der Waals surface area contributed by atoms with Gasteiger partial charge in [0, 0.05) is 48.8 Å². The maximum atomic E-state index is 14.3. The van der Waals surface area contributed by atoms with Gasteiger partial charge in [-0.05, 0) is 43.5 Å². The molecule has 4 aromatic rings. The van der Waals surface area contributed by atoms with Crippen LogP contribution in [0.25, 0.3) is 11.0 Å². The van der Waals surface area contributed by atoms with Gasteiger partial charge >= 0.3 is 31.1 Å². The van der Waals surface area contributed by atoms with Crippen LogP contribution in [0.5, 0.6) is 0 Å². The first kappa shape index (κ1) is 28.2. The van der Waals surface area contributed by atoms with Crippen LogP contribution in [0.2, 0.25) is 0 Å². The van der Waals surface area contributed by atoms with Crippen LogP contribution < -0.4 is 15.5 Å². The Bertz CT molecular complexity index is 1360. The second-order valence-electron chi connectivity index (χ2n) is 9.04. The van der Waals surface area contributed by atoms with Crippen molar-refractivity contribution in [3.63, 3.8) is 0 Å². The molecule has 0 unspecified atom stereocenters. The maximum absolute atomic E-state index is 14.3. The van der Waals surface area contributed by atoms with Crippen LogP contribution in [0.3, 0.4) is 0 Å². The maximum Gasteiger partial charge on any atom is 2.00 e. The zero-order valence-corrected chi connectivity index (χ0v) is 25.0. The number of hydrogen-bond donors (Lipinski definition) is 2. The number of fused-ring (bicyclic) bond motifs is 1. The number of benzene rings is 2. The predicted molar refractivity (Wildman–Crippen MR) is 140 cm³/mol. The van der Waals surface area contributed by atoms with E-state index in [0.29, 0.717) is 42.0 Å². The molecule has 0 saturated carbocycles. The molecule has 0 atom stereocenters. The van der Waals surface area contributed by atoms with Crippen LogP contribution in [0.1, 0.15) is 38.1 Å². The molecule has 196 valence electrons. The SMILES string of the molecule is [CH2-]CC(C[CH2-])n1nc(Nc2c(F)cc(F)cc2F)c2cnc(Nc3ccc(N4CCCCC4)cc3)nc21.[U+2]. The first-order chi connectivity index (χ1) is 18.0. The number of anilines is 5. The molecule has 1 aliphatic rings. The summed E-state index contributed by atoms with van der Waals surface area (Å²) in [5.41, 5.74) is 1.95. The van der Waals surface area contributed by atoms with Gasteiger partial charge in [0.25, 0.3) is 0 Å². The zero-order valence-electron chi connectivity index (χ0n) is 20.9. The Morgan fingerprint density at radius 3 is 2.21 bits per heavy atom. The van der Waals surface area contributed by atoms with E-state index in [0.717, 1.165) is 18.8 Å². The molecule has 2 N–H and O–H groups in total. The summed E-state index contributed by atoms with van der Waals surface area (Å²) in [7, 11) is 0. The fraction of sp³-hybridized carbons (Fsp3) is 0.296. The summed E-state index contributed by atoms with van der Waals surface area (Å²) in [6.45, 7) is 10.1. The molecule has 0 bridgehead atoms. The first-order valence-corrected chi connectivity index (χ1v) is 12.3. The molecule has 0 radical (unpaired) electrons. The van der Waals surface area contributed by atoms with Crippen LogP contribution in [0.15, 0.2) is 42.6 Å². The number of hydrogen-bond acceptors (Lipinski definition) is 6. The van der Waals surface area contributed by atoms with Crippen molar-refractivity contribution < 1.29 is 44.3 Å². The Morgan fingerprint density at radius 1 is 0.921 bits per heavy atom. The van der Waals surface area contributed by atoms with E-state index in [4.69, 9.17) is 0 Å². The van der Waals surface area contributed by atoms with Crippen molar-refractivity contribution in [2.45, 2.75) is 38.1 Å². The number of aromatic nitrogens is 4. The number of piperidine rings is 1. The second kappa shape index (κ2) is 12.4. The van der Waals surface area contributed by atoms with Gasteiger partial charge in [0.15, 0.2) is 23.1 Å². The van der Waals surface area contributed by atoms with Crippen molar-refractivity contribution in [2.24, 2.45) is 0 Å². The van der Waals surface area contributed by atoms with Gasteiger partial charge < -0.3 is 29.4 Å². The van der Waals surface area contributed by atoms with Gasteiger partial charge in [0.05, 0.1) is 5.39 Å². The van der Waals surface area contributed by atoms with Gasteiger partial charge in [-0.2, -0.15) is 22.9 Å². The molecular weight excluding hydrogens is 717 g/mol.